The summed E-state index contributed by atoms with van der Waals surface area (Å²) < 4.78 is 0. The number of aliphatic carboxylic acids is 1. The van der Waals surface area contributed by atoms with E-state index in [2.05, 4.69) is 10.3 Å². The van der Waals surface area contributed by atoms with E-state index in [1.165, 1.54) is 0 Å². The van der Waals surface area contributed by atoms with Gasteiger partial charge in [-0.25, -0.2) is 0 Å². The number of carboxylic acid groups (broad SMARTS) is 1. The number of rotatable bonds is 6. The molecule has 0 aliphatic rings. The Kier molecular flexibility index (Phi) is 5.09. The second-order valence-electron chi connectivity index (χ2n) is 4.46. The Morgan fingerprint density at radius 2 is 1.80 bits per heavy atom. The van der Waals surface area contributed by atoms with Gasteiger partial charge in [-0.3, -0.25) is 9.78 Å². The summed E-state index contributed by atoms with van der Waals surface area (Å²) in [5.74, 6) is -0.865. The Bertz CT molecular complexity index is 558. The normalized spacial score (nSPS) is 12.1. The molecule has 104 valence electrons. The molecule has 0 saturated carbocycles. The highest BCUT2D eigenvalue weighted by Gasteiger charge is 2.17. The number of carboxylic acids is 1. The van der Waals surface area contributed by atoms with Crippen molar-refractivity contribution in [2.45, 2.75) is 19.0 Å². The second-order valence-corrected chi connectivity index (χ2v) is 4.89. The first kappa shape index (κ1) is 14.5. The van der Waals surface area contributed by atoms with Crippen molar-refractivity contribution in [2.75, 3.05) is 0 Å². The summed E-state index contributed by atoms with van der Waals surface area (Å²) in [6.45, 7) is 0.485. The van der Waals surface area contributed by atoms with Crippen LogP contribution in [0.2, 0.25) is 5.02 Å². The molecule has 1 aromatic heterocycles. The number of hydrogen-bond donors (Lipinski definition) is 2. The first-order chi connectivity index (χ1) is 9.65. The number of nitrogens with zero attached hydrogens (tertiary/aromatic N) is 1. The van der Waals surface area contributed by atoms with E-state index in [9.17, 15) is 9.90 Å². The molecule has 1 atom stereocenters. The Hall–Kier alpha value is -1.91. The van der Waals surface area contributed by atoms with Gasteiger partial charge in [0.1, 0.15) is 6.04 Å². The topological polar surface area (TPSA) is 62.2 Å². The summed E-state index contributed by atoms with van der Waals surface area (Å²) >= 11 is 5.81. The van der Waals surface area contributed by atoms with Crippen LogP contribution in [0.1, 0.15) is 11.1 Å². The van der Waals surface area contributed by atoms with Crippen molar-refractivity contribution in [2.24, 2.45) is 0 Å². The molecule has 2 rings (SSSR count). The van der Waals surface area contributed by atoms with Crippen LogP contribution in [0.4, 0.5) is 0 Å². The van der Waals surface area contributed by atoms with Crippen LogP contribution < -0.4 is 5.32 Å². The number of pyridine rings is 1. The summed E-state index contributed by atoms with van der Waals surface area (Å²) in [5, 5.41) is 13.0. The third-order valence-electron chi connectivity index (χ3n) is 2.95. The quantitative estimate of drug-likeness (QED) is 0.858. The highest BCUT2D eigenvalue weighted by atomic mass is 35.5. The van der Waals surface area contributed by atoms with Gasteiger partial charge < -0.3 is 10.4 Å². The molecule has 2 N–H and O–H groups in total. The fraction of sp³-hybridized carbons (Fsp3) is 0.200. The zero-order chi connectivity index (χ0) is 14.4. The number of aromatic nitrogens is 1. The maximum Gasteiger partial charge on any atom is 0.321 e. The first-order valence-corrected chi connectivity index (χ1v) is 6.62. The molecule has 2 aromatic rings. The molecule has 0 aliphatic heterocycles. The zero-order valence-electron chi connectivity index (χ0n) is 10.8. The zero-order valence-corrected chi connectivity index (χ0v) is 11.5. The van der Waals surface area contributed by atoms with Crippen molar-refractivity contribution >= 4 is 17.6 Å². The van der Waals surface area contributed by atoms with Crippen LogP contribution in [0.15, 0.2) is 48.8 Å². The lowest BCUT2D eigenvalue weighted by atomic mass is 10.1. The highest BCUT2D eigenvalue weighted by molar-refractivity contribution is 6.30. The molecule has 0 fully saturated rings. The molecule has 20 heavy (non-hydrogen) atoms. The number of halogens is 1. The third kappa shape index (κ3) is 4.33. The number of benzene rings is 1. The third-order valence-corrected chi connectivity index (χ3v) is 3.21. The molecule has 1 aromatic carbocycles. The largest absolute Gasteiger partial charge is 0.480 e. The molecule has 0 amide bonds. The second kappa shape index (κ2) is 7.03. The minimum atomic E-state index is -0.865. The van der Waals surface area contributed by atoms with Gasteiger partial charge >= 0.3 is 5.97 Å². The molecular formula is C15H15ClN2O2. The van der Waals surface area contributed by atoms with Gasteiger partial charge in [0.05, 0.1) is 0 Å². The maximum atomic E-state index is 11.3. The molecule has 0 saturated heterocycles. The lowest BCUT2D eigenvalue weighted by Gasteiger charge is -2.14. The van der Waals surface area contributed by atoms with E-state index in [0.29, 0.717) is 18.0 Å². The Morgan fingerprint density at radius 1 is 1.15 bits per heavy atom. The summed E-state index contributed by atoms with van der Waals surface area (Å²) in [5.41, 5.74) is 1.94. The van der Waals surface area contributed by atoms with E-state index < -0.39 is 12.0 Å². The van der Waals surface area contributed by atoms with Crippen molar-refractivity contribution < 1.29 is 9.90 Å². The van der Waals surface area contributed by atoms with Crippen LogP contribution in [0, 0.1) is 0 Å². The molecule has 1 unspecified atom stereocenters. The summed E-state index contributed by atoms with van der Waals surface area (Å²) in [6.07, 6.45) is 3.74. The summed E-state index contributed by atoms with van der Waals surface area (Å²) in [4.78, 5) is 15.2. The minimum absolute atomic E-state index is 0.422. The Morgan fingerprint density at radius 3 is 2.40 bits per heavy atom. The SMILES string of the molecule is O=C(O)C(Cc1ccncc1)NCc1ccc(Cl)cc1. The Labute approximate surface area is 122 Å². The van der Waals surface area contributed by atoms with Gasteiger partial charge in [0.15, 0.2) is 0 Å². The van der Waals surface area contributed by atoms with Crippen molar-refractivity contribution in [3.63, 3.8) is 0 Å². The van der Waals surface area contributed by atoms with Crippen LogP contribution in [0.25, 0.3) is 0 Å². The minimum Gasteiger partial charge on any atom is -0.480 e. The van der Waals surface area contributed by atoms with Crippen LogP contribution in [-0.2, 0) is 17.8 Å². The van der Waals surface area contributed by atoms with Gasteiger partial charge in [-0.2, -0.15) is 0 Å². The van der Waals surface area contributed by atoms with Gasteiger partial charge in [0.25, 0.3) is 0 Å². The maximum absolute atomic E-state index is 11.3. The van der Waals surface area contributed by atoms with Crippen molar-refractivity contribution in [1.29, 1.82) is 0 Å². The predicted octanol–water partition coefficient (Wildman–Crippen LogP) is 2.52. The fourth-order valence-corrected chi connectivity index (χ4v) is 1.97. The van der Waals surface area contributed by atoms with E-state index in [4.69, 9.17) is 11.6 Å². The summed E-state index contributed by atoms with van der Waals surface area (Å²) in [6, 6.07) is 10.3. The number of hydrogen-bond acceptors (Lipinski definition) is 3. The average Bonchev–Trinajstić information content (AvgIpc) is 2.46. The highest BCUT2D eigenvalue weighted by Crippen LogP contribution is 2.10. The molecule has 0 spiro atoms. The van der Waals surface area contributed by atoms with Gasteiger partial charge in [0, 0.05) is 24.0 Å². The van der Waals surface area contributed by atoms with Crippen molar-refractivity contribution in [3.8, 4) is 0 Å². The van der Waals surface area contributed by atoms with Crippen molar-refractivity contribution in [1.82, 2.24) is 10.3 Å². The molecule has 4 nitrogen and oxygen atoms in total. The monoisotopic (exact) mass is 290 g/mol. The molecule has 0 bridgehead atoms. The molecule has 0 radical (unpaired) electrons. The molecule has 1 heterocycles. The van der Waals surface area contributed by atoms with Gasteiger partial charge in [-0.15, -0.1) is 0 Å². The van der Waals surface area contributed by atoms with Gasteiger partial charge in [-0.1, -0.05) is 23.7 Å². The predicted molar refractivity (Wildman–Crippen MR) is 77.7 cm³/mol. The Balaban J connectivity index is 1.96. The van der Waals surface area contributed by atoms with Crippen LogP contribution in [0.5, 0.6) is 0 Å². The standard InChI is InChI=1S/C15H15ClN2O2/c16-13-3-1-12(2-4-13)10-18-14(15(19)20)9-11-5-7-17-8-6-11/h1-8,14,18H,9-10H2,(H,19,20). The fourth-order valence-electron chi connectivity index (χ4n) is 1.84. The lowest BCUT2D eigenvalue weighted by Crippen LogP contribution is -2.38. The number of nitrogens with one attached hydrogen (secondary N) is 1. The smallest absolute Gasteiger partial charge is 0.321 e. The van der Waals surface area contributed by atoms with Crippen LogP contribution in [0.3, 0.4) is 0 Å². The average molecular weight is 291 g/mol. The lowest BCUT2D eigenvalue weighted by molar-refractivity contribution is -0.139. The van der Waals surface area contributed by atoms with E-state index in [0.717, 1.165) is 11.1 Å². The molecule has 0 aliphatic carbocycles. The van der Waals surface area contributed by atoms with Crippen LogP contribution in [-0.4, -0.2) is 22.1 Å². The number of carbonyl (C=O) groups is 1. The van der Waals surface area contributed by atoms with E-state index in [-0.39, 0.29) is 0 Å². The molecular weight excluding hydrogens is 276 g/mol. The van der Waals surface area contributed by atoms with Crippen molar-refractivity contribution in [3.05, 3.63) is 64.9 Å². The van der Waals surface area contributed by atoms with Crippen LogP contribution >= 0.6 is 11.6 Å². The molecule has 5 heteroatoms. The summed E-state index contributed by atoms with van der Waals surface area (Å²) in [7, 11) is 0. The first-order valence-electron chi connectivity index (χ1n) is 6.24. The van der Waals surface area contributed by atoms with E-state index in [1.54, 1.807) is 24.5 Å². The van der Waals surface area contributed by atoms with Gasteiger partial charge in [0.2, 0.25) is 0 Å². The van der Waals surface area contributed by atoms with E-state index in [1.807, 2.05) is 24.3 Å². The van der Waals surface area contributed by atoms with E-state index >= 15 is 0 Å². The van der Waals surface area contributed by atoms with Gasteiger partial charge in [-0.05, 0) is 41.8 Å².